The molecule has 11 atom stereocenters. The van der Waals surface area contributed by atoms with Crippen molar-refractivity contribution in [2.75, 3.05) is 74.3 Å². The Morgan fingerprint density at radius 1 is 0.830 bits per heavy atom. The van der Waals surface area contributed by atoms with Crippen LogP contribution in [-0.2, 0) is 95.7 Å². The lowest BCUT2D eigenvalue weighted by Gasteiger charge is -2.58. The molecule has 4 unspecified atom stereocenters. The molecule has 6 amide bonds. The maximum atomic E-state index is 14.3. The van der Waals surface area contributed by atoms with E-state index in [2.05, 4.69) is 36.4 Å². The van der Waals surface area contributed by atoms with Crippen molar-refractivity contribution >= 4 is 100 Å². The number of aliphatic hydroxyl groups is 3. The highest BCUT2D eigenvalue weighted by molar-refractivity contribution is 7.86. The van der Waals surface area contributed by atoms with Crippen LogP contribution in [0.3, 0.4) is 0 Å². The summed E-state index contributed by atoms with van der Waals surface area (Å²) >= 11 is 1.38. The number of carboxylic acid groups (broad SMARTS) is 2. The Hall–Kier alpha value is -9.41. The van der Waals surface area contributed by atoms with E-state index in [4.69, 9.17) is 38.3 Å². The van der Waals surface area contributed by atoms with Gasteiger partial charge in [0.05, 0.1) is 65.9 Å². The number of aliphatic carboxylic acids is 1. The SMILES string of the molecule is Cc1c(-c2ccc(N3CCc4cccc(C(=O)Nc5nc6ccccc6s5)c4C3)nc2C(=O)O)cnn1CC1(C)CC2(C)CC(C)CC(OCCN(CCS(=O)(=O)O)C(=O)OCc3ccc(CCCCNC(=O)CN4C(=O)[C@@H](N5C(=O)C=CC5=O)C[C@H]4COCCS(=O)(=O)O)cc3O[C@@H]3O[C@H](C(=O)O)[C@@H](O)[C@H](O)[C@H]3O)(C2)C1. The van der Waals surface area contributed by atoms with Gasteiger partial charge in [-0.3, -0.25) is 48.0 Å². The molecule has 3 aromatic carbocycles. The predicted molar refractivity (Wildman–Crippen MR) is 401 cm³/mol. The number of aryl methyl sites for hydroxylation is 1. The zero-order chi connectivity index (χ0) is 80.4. The Kier molecular flexibility index (Phi) is 24.7. The van der Waals surface area contributed by atoms with Crippen LogP contribution in [0.1, 0.15) is 121 Å². The third-order valence-corrected chi connectivity index (χ3v) is 23.8. The number of hydrogen-bond acceptors (Lipinski definition) is 25. The van der Waals surface area contributed by atoms with Crippen LogP contribution >= 0.6 is 11.3 Å². The summed E-state index contributed by atoms with van der Waals surface area (Å²) in [5.41, 5.74) is 3.72. The maximum absolute atomic E-state index is 14.3. The van der Waals surface area contributed by atoms with Crippen molar-refractivity contribution in [1.29, 1.82) is 0 Å². The van der Waals surface area contributed by atoms with E-state index in [-0.39, 0.29) is 73.4 Å². The number of carbonyl (C=O) groups is 8. The van der Waals surface area contributed by atoms with Crippen LogP contribution in [0.2, 0.25) is 0 Å². The number of ether oxygens (including phenoxy) is 5. The van der Waals surface area contributed by atoms with Crippen molar-refractivity contribution in [3.8, 4) is 16.9 Å². The van der Waals surface area contributed by atoms with Gasteiger partial charge < -0.3 is 69.2 Å². The number of amides is 6. The van der Waals surface area contributed by atoms with Gasteiger partial charge in [-0.05, 0) is 135 Å². The molecule has 112 heavy (non-hydrogen) atoms. The molecule has 6 aliphatic rings. The van der Waals surface area contributed by atoms with Gasteiger partial charge >= 0.3 is 18.0 Å². The summed E-state index contributed by atoms with van der Waals surface area (Å²) in [5.74, 6) is -7.17. The molecule has 602 valence electrons. The molecular formula is C75H90N10O24S3. The van der Waals surface area contributed by atoms with Crippen molar-refractivity contribution in [3.63, 3.8) is 0 Å². The molecule has 2 bridgehead atoms. The normalized spacial score (nSPS) is 25.2. The number of fused-ring (bicyclic) bond motifs is 4. The number of likely N-dealkylation sites (tertiary alicyclic amines) is 1. The molecule has 37 heteroatoms. The van der Waals surface area contributed by atoms with Gasteiger partial charge in [0.15, 0.2) is 16.9 Å². The number of pyridine rings is 1. The first kappa shape index (κ1) is 82.1. The highest BCUT2D eigenvalue weighted by Crippen LogP contribution is 2.60. The third kappa shape index (κ3) is 19.3. The fourth-order valence-electron chi connectivity index (χ4n) is 17.0. The molecule has 3 aromatic heterocycles. The minimum Gasteiger partial charge on any atom is -0.479 e. The zero-order valence-electron chi connectivity index (χ0n) is 61.9. The van der Waals surface area contributed by atoms with Crippen LogP contribution < -0.4 is 20.3 Å². The summed E-state index contributed by atoms with van der Waals surface area (Å²) in [4.78, 5) is 120. The Labute approximate surface area is 648 Å². The quantitative estimate of drug-likeness (QED) is 0.0156. The van der Waals surface area contributed by atoms with Crippen molar-refractivity contribution in [3.05, 3.63) is 130 Å². The molecule has 9 N–H and O–H groups in total. The minimum atomic E-state index is -4.65. The topological polar surface area (TPSA) is 473 Å². The smallest absolute Gasteiger partial charge is 0.410 e. The van der Waals surface area contributed by atoms with E-state index in [1.54, 1.807) is 30.5 Å². The largest absolute Gasteiger partial charge is 0.479 e. The highest BCUT2D eigenvalue weighted by atomic mass is 32.2. The fraction of sp³-hybridized carbons (Fsp3) is 0.507. The van der Waals surface area contributed by atoms with Gasteiger partial charge in [-0.1, -0.05) is 68.5 Å². The lowest BCUT2D eigenvalue weighted by atomic mass is 9.51. The monoisotopic (exact) mass is 1610 g/mol. The van der Waals surface area contributed by atoms with Crippen LogP contribution in [0.4, 0.5) is 15.7 Å². The van der Waals surface area contributed by atoms with Gasteiger partial charge in [-0.2, -0.15) is 21.9 Å². The van der Waals surface area contributed by atoms with Gasteiger partial charge in [-0.15, -0.1) is 0 Å². The van der Waals surface area contributed by atoms with Crippen molar-refractivity contribution in [2.45, 2.75) is 160 Å². The summed E-state index contributed by atoms with van der Waals surface area (Å²) in [6.07, 6.45) is -2.60. The molecule has 2 saturated heterocycles. The number of aromatic carboxylic acids is 1. The number of nitrogens with zero attached hydrogens (tertiary/aromatic N) is 8. The van der Waals surface area contributed by atoms with Crippen LogP contribution in [0.15, 0.2) is 91.1 Å². The molecule has 6 aromatic rings. The number of para-hydroxylation sites is 1. The standard InChI is InChI=1S/C75H90N10O24S3/c1-43-32-73(3)39-74(4,42-84-44(2)51(34-77-84)49-17-18-57(79-61(49)68(94)95)82-23-21-46-11-9-12-50(52(46)35-82)66(92)80-71-78-53-13-5-6-14-56(53)110-71)41-75(33-43,40-73)107-26-24-81(25-28-111(99,100)101)72(98)106-37-47-16-15-45(30-55(47)108-70-64(91)62(89)63(90)65(109-70)69(96)97)10-7-8-22-76-58(86)36-83-48(38-105-27-29-112(102,103)104)31-54(67(83)93)85-59(87)19-20-60(85)88/h5-6,9,11-20,30,34,43,48,54,62-65,70,89-91H,7-8,10,21-29,31-33,35-42H2,1-4H3,(H,76,86)(H,94,95)(H,96,97)(H,78,80,92)(H,99,100,101)(H,102,103,104)/t43?,48-,54-,62-,63-,64+,65-,70+,73?,74?,75?/m0/s1. The summed E-state index contributed by atoms with van der Waals surface area (Å²) in [6.45, 7) is 6.98. The molecule has 4 aliphatic heterocycles. The molecule has 12 rings (SSSR count). The molecule has 0 spiro atoms. The molecule has 7 heterocycles. The number of unbranched alkanes of at least 4 members (excludes halogenated alkanes) is 1. The van der Waals surface area contributed by atoms with E-state index in [9.17, 15) is 85.3 Å². The average Bonchev–Trinajstić information content (AvgIpc) is 0.914. The van der Waals surface area contributed by atoms with Crippen molar-refractivity contribution < 1.29 is 114 Å². The molecule has 4 fully saturated rings. The number of nitrogens with one attached hydrogen (secondary N) is 2. The number of thiazole rings is 1. The number of carbonyl (C=O) groups excluding carboxylic acids is 6. The number of imide groups is 1. The third-order valence-electron chi connectivity index (χ3n) is 21.4. The summed E-state index contributed by atoms with van der Waals surface area (Å²) < 4.78 is 98.7. The number of benzene rings is 3. The Bertz CT molecular complexity index is 4830. The fourth-order valence-corrected chi connectivity index (χ4v) is 18.7. The van der Waals surface area contributed by atoms with E-state index in [1.165, 1.54) is 23.5 Å². The maximum Gasteiger partial charge on any atom is 0.410 e. The predicted octanol–water partition coefficient (Wildman–Crippen LogP) is 4.79. The molecule has 2 aliphatic carbocycles. The lowest BCUT2D eigenvalue weighted by molar-refractivity contribution is -0.271. The Morgan fingerprint density at radius 2 is 1.59 bits per heavy atom. The van der Waals surface area contributed by atoms with Crippen LogP contribution in [0.25, 0.3) is 21.3 Å². The minimum absolute atomic E-state index is 0.0720. The van der Waals surface area contributed by atoms with Crippen LogP contribution in [0.5, 0.6) is 5.75 Å². The number of aliphatic hydroxyl groups excluding tert-OH is 3. The number of aromatic nitrogens is 4. The number of hydrogen-bond donors (Lipinski definition) is 9. The van der Waals surface area contributed by atoms with Gasteiger partial charge in [0.25, 0.3) is 38.0 Å². The lowest BCUT2D eigenvalue weighted by Crippen LogP contribution is -2.61. The van der Waals surface area contributed by atoms with Gasteiger partial charge in [0.1, 0.15) is 42.5 Å². The molecule has 34 nitrogen and oxygen atoms in total. The van der Waals surface area contributed by atoms with Gasteiger partial charge in [0, 0.05) is 85.8 Å². The number of anilines is 2. The van der Waals surface area contributed by atoms with E-state index in [0.717, 1.165) is 61.0 Å². The van der Waals surface area contributed by atoms with E-state index >= 15 is 0 Å². The first-order valence-corrected chi connectivity index (χ1v) is 40.7. The molecule has 0 radical (unpaired) electrons. The highest BCUT2D eigenvalue weighted by Gasteiger charge is 2.56. The number of carboxylic acids is 2. The number of rotatable bonds is 32. The first-order chi connectivity index (χ1) is 53.0. The van der Waals surface area contributed by atoms with E-state index in [0.29, 0.717) is 97.1 Å². The Balaban J connectivity index is 0.692. The first-order valence-electron chi connectivity index (χ1n) is 36.7. The van der Waals surface area contributed by atoms with E-state index in [1.807, 2.05) is 52.9 Å². The van der Waals surface area contributed by atoms with Crippen LogP contribution in [-0.4, -0.2) is 246 Å². The van der Waals surface area contributed by atoms with Gasteiger partial charge in [0.2, 0.25) is 18.1 Å². The van der Waals surface area contributed by atoms with Crippen molar-refractivity contribution in [2.24, 2.45) is 16.7 Å². The second-order valence-electron chi connectivity index (χ2n) is 30.5. The second-order valence-corrected chi connectivity index (χ2v) is 34.6. The van der Waals surface area contributed by atoms with Crippen molar-refractivity contribution in [1.82, 2.24) is 39.8 Å². The Morgan fingerprint density at radius 3 is 2.32 bits per heavy atom. The molecular weight excluding hydrogens is 1520 g/mol. The zero-order valence-corrected chi connectivity index (χ0v) is 64.4. The molecule has 2 saturated carbocycles. The van der Waals surface area contributed by atoms with E-state index < -0.39 is 154 Å². The average molecular weight is 1610 g/mol. The van der Waals surface area contributed by atoms with Crippen LogP contribution in [0, 0.1) is 23.7 Å². The summed E-state index contributed by atoms with van der Waals surface area (Å²) in [5, 5.41) is 63.8. The second kappa shape index (κ2) is 33.7. The summed E-state index contributed by atoms with van der Waals surface area (Å²) in [7, 11) is -9.04. The van der Waals surface area contributed by atoms with Gasteiger partial charge in [-0.25, -0.2) is 24.4 Å². The summed E-state index contributed by atoms with van der Waals surface area (Å²) in [6, 6.07) is 19.2.